The molecule has 0 saturated carbocycles. The van der Waals surface area contributed by atoms with E-state index in [0.717, 1.165) is 60.1 Å². The number of aliphatic hydroxyl groups excluding tert-OH is 1. The zero-order chi connectivity index (χ0) is 24.9. The second kappa shape index (κ2) is 11.4. The van der Waals surface area contributed by atoms with Crippen molar-refractivity contribution in [1.29, 1.82) is 0 Å². The van der Waals surface area contributed by atoms with E-state index in [9.17, 15) is 10.2 Å². The first-order valence-electron chi connectivity index (χ1n) is 13.0. The van der Waals surface area contributed by atoms with Crippen molar-refractivity contribution in [2.24, 2.45) is 0 Å². The monoisotopic (exact) mass is 476 g/mol. The second-order valence-corrected chi connectivity index (χ2v) is 10.2. The Balaban J connectivity index is 1.60. The number of aliphatic hydroxyl groups is 1. The lowest BCUT2D eigenvalue weighted by molar-refractivity contribution is 0.0686. The standard InChI is InChI=1S/C30H40N2O3/c1-21(2)32(22(3)4)19-20-35-26-12-9-24(10-13-26)30(31-17-15-25(33)16-18-31)29-27-8-6-5-7-23(27)11-14-28(29)34/h5-14,21-22,25,30,33-34H,15-20H2,1-4H3. The predicted octanol–water partition coefficient (Wildman–Crippen LogP) is 5.59. The van der Waals surface area contributed by atoms with E-state index in [2.05, 4.69) is 61.8 Å². The van der Waals surface area contributed by atoms with E-state index in [1.165, 1.54) is 0 Å². The number of benzene rings is 3. The molecule has 0 spiro atoms. The molecule has 35 heavy (non-hydrogen) atoms. The Hall–Kier alpha value is -2.60. The van der Waals surface area contributed by atoms with Crippen molar-refractivity contribution >= 4 is 10.8 Å². The van der Waals surface area contributed by atoms with Gasteiger partial charge in [-0.3, -0.25) is 9.80 Å². The van der Waals surface area contributed by atoms with Gasteiger partial charge in [0.25, 0.3) is 0 Å². The van der Waals surface area contributed by atoms with Crippen molar-refractivity contribution in [1.82, 2.24) is 9.80 Å². The summed E-state index contributed by atoms with van der Waals surface area (Å²) >= 11 is 0. The van der Waals surface area contributed by atoms with Crippen LogP contribution in [0.2, 0.25) is 0 Å². The summed E-state index contributed by atoms with van der Waals surface area (Å²) in [5.41, 5.74) is 2.05. The summed E-state index contributed by atoms with van der Waals surface area (Å²) < 4.78 is 6.09. The highest BCUT2D eigenvalue weighted by Crippen LogP contribution is 2.40. The van der Waals surface area contributed by atoms with Crippen LogP contribution >= 0.6 is 0 Å². The van der Waals surface area contributed by atoms with Gasteiger partial charge in [-0.1, -0.05) is 42.5 Å². The Labute approximate surface area is 209 Å². The van der Waals surface area contributed by atoms with Gasteiger partial charge in [0.2, 0.25) is 0 Å². The number of likely N-dealkylation sites (tertiary alicyclic amines) is 1. The number of phenols is 1. The minimum Gasteiger partial charge on any atom is -0.508 e. The smallest absolute Gasteiger partial charge is 0.121 e. The molecule has 1 unspecified atom stereocenters. The van der Waals surface area contributed by atoms with E-state index >= 15 is 0 Å². The first-order chi connectivity index (χ1) is 16.8. The summed E-state index contributed by atoms with van der Waals surface area (Å²) in [7, 11) is 0. The number of fused-ring (bicyclic) bond motifs is 1. The molecule has 2 N–H and O–H groups in total. The highest BCUT2D eigenvalue weighted by molar-refractivity contribution is 5.88. The van der Waals surface area contributed by atoms with E-state index in [1.54, 1.807) is 6.07 Å². The molecule has 188 valence electrons. The molecular weight excluding hydrogens is 436 g/mol. The molecule has 1 fully saturated rings. The van der Waals surface area contributed by atoms with Gasteiger partial charge in [0.05, 0.1) is 12.1 Å². The Morgan fingerprint density at radius 2 is 1.57 bits per heavy atom. The van der Waals surface area contributed by atoms with Crippen LogP contribution in [0.3, 0.4) is 0 Å². The lowest BCUT2D eigenvalue weighted by Gasteiger charge is -2.37. The van der Waals surface area contributed by atoms with E-state index in [1.807, 2.05) is 30.3 Å². The number of hydrogen-bond donors (Lipinski definition) is 2. The fraction of sp³-hybridized carbons (Fsp3) is 0.467. The van der Waals surface area contributed by atoms with Crippen LogP contribution in [-0.2, 0) is 0 Å². The third kappa shape index (κ3) is 5.97. The number of aromatic hydroxyl groups is 1. The van der Waals surface area contributed by atoms with Crippen LogP contribution in [0, 0.1) is 0 Å². The maximum atomic E-state index is 11.0. The summed E-state index contributed by atoms with van der Waals surface area (Å²) in [4.78, 5) is 4.81. The Bertz CT molecular complexity index is 1080. The van der Waals surface area contributed by atoms with E-state index < -0.39 is 0 Å². The van der Waals surface area contributed by atoms with Gasteiger partial charge in [-0.05, 0) is 75.1 Å². The first kappa shape index (κ1) is 25.5. The van der Waals surface area contributed by atoms with Gasteiger partial charge < -0.3 is 14.9 Å². The van der Waals surface area contributed by atoms with Gasteiger partial charge in [0.15, 0.2) is 0 Å². The Kier molecular flexibility index (Phi) is 8.32. The predicted molar refractivity (Wildman–Crippen MR) is 143 cm³/mol. The van der Waals surface area contributed by atoms with Crippen LogP contribution in [0.25, 0.3) is 10.8 Å². The normalized spacial score (nSPS) is 16.5. The van der Waals surface area contributed by atoms with E-state index in [4.69, 9.17) is 4.74 Å². The SMILES string of the molecule is CC(C)N(CCOc1ccc(C(c2c(O)ccc3ccccc23)N2CCC(O)CC2)cc1)C(C)C. The minimum absolute atomic E-state index is 0.0972. The van der Waals surface area contributed by atoms with Gasteiger partial charge in [0.1, 0.15) is 18.1 Å². The van der Waals surface area contributed by atoms with Gasteiger partial charge in [-0.15, -0.1) is 0 Å². The number of ether oxygens (including phenoxy) is 1. The Morgan fingerprint density at radius 3 is 2.23 bits per heavy atom. The van der Waals surface area contributed by atoms with E-state index in [-0.39, 0.29) is 12.1 Å². The van der Waals surface area contributed by atoms with Crippen molar-refractivity contribution in [3.8, 4) is 11.5 Å². The van der Waals surface area contributed by atoms with Gasteiger partial charge in [0, 0.05) is 37.3 Å². The number of nitrogens with zero attached hydrogens (tertiary/aromatic N) is 2. The highest BCUT2D eigenvalue weighted by Gasteiger charge is 2.30. The van der Waals surface area contributed by atoms with Crippen LogP contribution in [0.1, 0.15) is 57.7 Å². The molecule has 5 nitrogen and oxygen atoms in total. The molecule has 1 aliphatic rings. The maximum Gasteiger partial charge on any atom is 0.121 e. The molecule has 0 aliphatic carbocycles. The van der Waals surface area contributed by atoms with Crippen molar-refractivity contribution in [3.05, 3.63) is 71.8 Å². The Morgan fingerprint density at radius 1 is 0.914 bits per heavy atom. The first-order valence-corrected chi connectivity index (χ1v) is 13.0. The van der Waals surface area contributed by atoms with Gasteiger partial charge >= 0.3 is 0 Å². The molecule has 0 bridgehead atoms. The van der Waals surface area contributed by atoms with Crippen LogP contribution < -0.4 is 4.74 Å². The van der Waals surface area contributed by atoms with Crippen LogP contribution in [0.4, 0.5) is 0 Å². The zero-order valence-corrected chi connectivity index (χ0v) is 21.5. The molecule has 1 heterocycles. The topological polar surface area (TPSA) is 56.2 Å². The van der Waals surface area contributed by atoms with E-state index in [0.29, 0.717) is 24.4 Å². The average Bonchev–Trinajstić information content (AvgIpc) is 2.84. The maximum absolute atomic E-state index is 11.0. The quantitative estimate of drug-likeness (QED) is 0.422. The minimum atomic E-state index is -0.250. The molecule has 5 heteroatoms. The third-order valence-electron chi connectivity index (χ3n) is 7.23. The fourth-order valence-corrected chi connectivity index (χ4v) is 5.40. The van der Waals surface area contributed by atoms with Crippen molar-refractivity contribution in [2.75, 3.05) is 26.2 Å². The molecule has 1 atom stereocenters. The molecule has 3 aromatic carbocycles. The summed E-state index contributed by atoms with van der Waals surface area (Å²) in [5.74, 6) is 1.17. The number of phenolic OH excluding ortho intramolecular Hbond substituents is 1. The van der Waals surface area contributed by atoms with Crippen LogP contribution in [-0.4, -0.2) is 64.4 Å². The lowest BCUT2D eigenvalue weighted by atomic mass is 9.90. The summed E-state index contributed by atoms with van der Waals surface area (Å²) in [6.45, 7) is 12.0. The van der Waals surface area contributed by atoms with Crippen molar-refractivity contribution < 1.29 is 14.9 Å². The molecule has 0 aromatic heterocycles. The third-order valence-corrected chi connectivity index (χ3v) is 7.23. The number of piperidine rings is 1. The summed E-state index contributed by atoms with van der Waals surface area (Å²) in [6, 6.07) is 21.2. The molecule has 1 saturated heterocycles. The fourth-order valence-electron chi connectivity index (χ4n) is 5.40. The average molecular weight is 477 g/mol. The summed E-state index contributed by atoms with van der Waals surface area (Å²) in [5, 5.41) is 23.3. The zero-order valence-electron chi connectivity index (χ0n) is 21.5. The largest absolute Gasteiger partial charge is 0.508 e. The van der Waals surface area contributed by atoms with Gasteiger partial charge in [-0.2, -0.15) is 0 Å². The highest BCUT2D eigenvalue weighted by atomic mass is 16.5. The molecule has 0 amide bonds. The lowest BCUT2D eigenvalue weighted by Crippen LogP contribution is -2.39. The van der Waals surface area contributed by atoms with Gasteiger partial charge in [-0.25, -0.2) is 0 Å². The second-order valence-electron chi connectivity index (χ2n) is 10.2. The molecule has 1 aliphatic heterocycles. The molecular formula is C30H40N2O3. The molecule has 4 rings (SSSR count). The van der Waals surface area contributed by atoms with Crippen LogP contribution in [0.5, 0.6) is 11.5 Å². The van der Waals surface area contributed by atoms with Crippen LogP contribution in [0.15, 0.2) is 60.7 Å². The summed E-state index contributed by atoms with van der Waals surface area (Å²) in [6.07, 6.45) is 1.23. The number of rotatable bonds is 9. The molecule has 3 aromatic rings. The van der Waals surface area contributed by atoms with Crippen molar-refractivity contribution in [2.45, 2.75) is 64.8 Å². The molecule has 0 radical (unpaired) electrons. The van der Waals surface area contributed by atoms with Crippen molar-refractivity contribution in [3.63, 3.8) is 0 Å². The number of hydrogen-bond acceptors (Lipinski definition) is 5.